The number of rotatable bonds is 9. The van der Waals surface area contributed by atoms with E-state index >= 15 is 0 Å². The van der Waals surface area contributed by atoms with Crippen molar-refractivity contribution in [3.05, 3.63) is 200 Å². The lowest BCUT2D eigenvalue weighted by molar-refractivity contribution is 0.795. The van der Waals surface area contributed by atoms with Crippen LogP contribution < -0.4 is 0 Å². The molecule has 11 aromatic rings. The van der Waals surface area contributed by atoms with Crippen molar-refractivity contribution in [2.75, 3.05) is 0 Å². The van der Waals surface area contributed by atoms with E-state index in [0.29, 0.717) is 17.6 Å². The minimum atomic E-state index is 0.571. The molecule has 0 saturated heterocycles. The third kappa shape index (κ3) is 6.14. The summed E-state index contributed by atoms with van der Waals surface area (Å²) in [5.74, 6) is 1.81. The van der Waals surface area contributed by atoms with Gasteiger partial charge in [0.2, 0.25) is 5.95 Å². The number of unbranched alkanes of at least 4 members (excludes halogenated alkanes) is 1. The molecule has 0 N–H and O–H groups in total. The zero-order chi connectivity index (χ0) is 40.0. The SMILES string of the molecule is CCCCc1cccc(-c2cccc(-c3cccc(-c4nc(-c5ccccc5)nc(-n5c6ccccc6c6c5ccc5c7ccccc7n(-c7ccccc7)c56)n4)c3)c2)c1. The first-order chi connectivity index (χ1) is 29.7. The summed E-state index contributed by atoms with van der Waals surface area (Å²) < 4.78 is 4.62. The van der Waals surface area contributed by atoms with Crippen LogP contribution in [0.5, 0.6) is 0 Å². The maximum Gasteiger partial charge on any atom is 0.238 e. The van der Waals surface area contributed by atoms with Crippen LogP contribution in [0, 0.1) is 0 Å². The third-order valence-corrected chi connectivity index (χ3v) is 11.7. The van der Waals surface area contributed by atoms with Gasteiger partial charge in [-0.25, -0.2) is 4.98 Å². The Kier molecular flexibility index (Phi) is 8.85. The summed E-state index contributed by atoms with van der Waals surface area (Å²) in [7, 11) is 0. The van der Waals surface area contributed by atoms with Crippen LogP contribution in [0.1, 0.15) is 25.3 Å². The zero-order valence-electron chi connectivity index (χ0n) is 33.3. The van der Waals surface area contributed by atoms with Gasteiger partial charge in [0, 0.05) is 38.4 Å². The Balaban J connectivity index is 1.11. The van der Waals surface area contributed by atoms with Crippen LogP contribution in [0.2, 0.25) is 0 Å². The van der Waals surface area contributed by atoms with E-state index in [2.05, 4.69) is 192 Å². The summed E-state index contributed by atoms with van der Waals surface area (Å²) in [4.78, 5) is 15.8. The molecule has 0 aliphatic rings. The van der Waals surface area contributed by atoms with Gasteiger partial charge in [0.05, 0.1) is 22.1 Å². The summed E-state index contributed by atoms with van der Waals surface area (Å²) in [6.45, 7) is 2.25. The molecular weight excluding hydrogens is 731 g/mol. The average Bonchev–Trinajstić information content (AvgIpc) is 3.84. The van der Waals surface area contributed by atoms with E-state index in [1.165, 1.54) is 45.8 Å². The summed E-state index contributed by atoms with van der Waals surface area (Å²) >= 11 is 0. The van der Waals surface area contributed by atoms with E-state index in [0.717, 1.165) is 61.7 Å². The van der Waals surface area contributed by atoms with Crippen LogP contribution in [0.4, 0.5) is 0 Å². The smallest absolute Gasteiger partial charge is 0.238 e. The molecular formula is C55H41N5. The minimum absolute atomic E-state index is 0.571. The Morgan fingerprint density at radius 2 is 0.950 bits per heavy atom. The monoisotopic (exact) mass is 771 g/mol. The number of aromatic nitrogens is 5. The van der Waals surface area contributed by atoms with Crippen molar-refractivity contribution in [1.29, 1.82) is 0 Å². The van der Waals surface area contributed by atoms with Crippen molar-refractivity contribution in [1.82, 2.24) is 24.1 Å². The van der Waals surface area contributed by atoms with Gasteiger partial charge in [-0.15, -0.1) is 0 Å². The molecule has 5 heteroatoms. The number of benzene rings is 8. The molecule has 3 heterocycles. The maximum atomic E-state index is 5.34. The molecule has 0 aliphatic carbocycles. The van der Waals surface area contributed by atoms with E-state index in [1.807, 2.05) is 18.2 Å². The van der Waals surface area contributed by atoms with E-state index in [-0.39, 0.29) is 0 Å². The highest BCUT2D eigenvalue weighted by atomic mass is 15.2. The van der Waals surface area contributed by atoms with Crippen molar-refractivity contribution < 1.29 is 0 Å². The summed E-state index contributed by atoms with van der Waals surface area (Å²) in [5, 5.41) is 4.72. The Labute approximate surface area is 348 Å². The van der Waals surface area contributed by atoms with E-state index in [9.17, 15) is 0 Å². The highest BCUT2D eigenvalue weighted by Gasteiger charge is 2.23. The molecule has 60 heavy (non-hydrogen) atoms. The van der Waals surface area contributed by atoms with Crippen molar-refractivity contribution in [2.24, 2.45) is 0 Å². The van der Waals surface area contributed by atoms with Crippen LogP contribution in [0.15, 0.2) is 194 Å². The van der Waals surface area contributed by atoms with E-state index in [4.69, 9.17) is 15.0 Å². The van der Waals surface area contributed by atoms with Crippen molar-refractivity contribution in [3.8, 4) is 56.7 Å². The summed E-state index contributed by atoms with van der Waals surface area (Å²) in [6, 6.07) is 69.1. The second-order valence-corrected chi connectivity index (χ2v) is 15.5. The fraction of sp³-hybridized carbons (Fsp3) is 0.0727. The molecule has 0 spiro atoms. The molecule has 0 saturated carbocycles. The van der Waals surface area contributed by atoms with E-state index in [1.54, 1.807) is 0 Å². The summed E-state index contributed by atoms with van der Waals surface area (Å²) in [6.07, 6.45) is 3.48. The third-order valence-electron chi connectivity index (χ3n) is 11.7. The van der Waals surface area contributed by atoms with Gasteiger partial charge in [-0.05, 0) is 83.1 Å². The Morgan fingerprint density at radius 3 is 1.67 bits per heavy atom. The largest absolute Gasteiger partial charge is 0.309 e. The molecule has 0 atom stereocenters. The van der Waals surface area contributed by atoms with Crippen LogP contribution in [0.25, 0.3) is 100 Å². The topological polar surface area (TPSA) is 48.5 Å². The summed E-state index contributed by atoms with van der Waals surface area (Å²) in [5.41, 5.74) is 13.4. The highest BCUT2D eigenvalue weighted by molar-refractivity contribution is 6.26. The second-order valence-electron chi connectivity index (χ2n) is 15.5. The fourth-order valence-electron chi connectivity index (χ4n) is 8.88. The lowest BCUT2D eigenvalue weighted by Gasteiger charge is -2.12. The van der Waals surface area contributed by atoms with Gasteiger partial charge in [0.1, 0.15) is 0 Å². The number of para-hydroxylation sites is 3. The Hall–Kier alpha value is -7.63. The van der Waals surface area contributed by atoms with Gasteiger partial charge in [-0.2, -0.15) is 9.97 Å². The number of fused-ring (bicyclic) bond motifs is 7. The number of aryl methyl sites for hydroxylation is 1. The van der Waals surface area contributed by atoms with Crippen molar-refractivity contribution in [3.63, 3.8) is 0 Å². The Morgan fingerprint density at radius 1 is 0.400 bits per heavy atom. The molecule has 0 amide bonds. The van der Waals surface area contributed by atoms with Crippen LogP contribution in [-0.4, -0.2) is 24.1 Å². The van der Waals surface area contributed by atoms with Gasteiger partial charge in [-0.3, -0.25) is 4.57 Å². The second kappa shape index (κ2) is 14.9. The van der Waals surface area contributed by atoms with Crippen LogP contribution >= 0.6 is 0 Å². The molecule has 3 aromatic heterocycles. The quantitative estimate of drug-likeness (QED) is 0.147. The van der Waals surface area contributed by atoms with Crippen LogP contribution in [0.3, 0.4) is 0 Å². The Bertz CT molecular complexity index is 3360. The highest BCUT2D eigenvalue weighted by Crippen LogP contribution is 2.42. The first-order valence-electron chi connectivity index (χ1n) is 20.8. The molecule has 0 radical (unpaired) electrons. The zero-order valence-corrected chi connectivity index (χ0v) is 33.3. The maximum absolute atomic E-state index is 5.34. The van der Waals surface area contributed by atoms with Gasteiger partial charge >= 0.3 is 0 Å². The van der Waals surface area contributed by atoms with Gasteiger partial charge in [0.15, 0.2) is 11.6 Å². The molecule has 286 valence electrons. The predicted molar refractivity (Wildman–Crippen MR) is 249 cm³/mol. The van der Waals surface area contributed by atoms with Crippen LogP contribution in [-0.2, 0) is 6.42 Å². The minimum Gasteiger partial charge on any atom is -0.309 e. The standard InChI is InChI=1S/C55H41N5/c1-2-3-17-37-18-14-21-39(34-37)40-22-15-23-41(35-40)42-24-16-25-43(36-42)54-56-53(38-19-6-4-7-20-38)57-55(58-54)60-49-31-13-11-29-47(49)51-50(60)33-32-46-45-28-10-12-30-48(45)59(52(46)51)44-26-8-5-9-27-44/h4-16,18-36H,2-3,17H2,1H3. The van der Waals surface area contributed by atoms with Crippen molar-refractivity contribution >= 4 is 43.6 Å². The number of hydrogen-bond acceptors (Lipinski definition) is 3. The van der Waals surface area contributed by atoms with Gasteiger partial charge in [0.25, 0.3) is 0 Å². The van der Waals surface area contributed by atoms with E-state index < -0.39 is 0 Å². The molecule has 0 bridgehead atoms. The predicted octanol–water partition coefficient (Wildman–Crippen LogP) is 14.1. The molecule has 0 unspecified atom stereocenters. The molecule has 0 aliphatic heterocycles. The molecule has 5 nitrogen and oxygen atoms in total. The molecule has 11 rings (SSSR count). The lowest BCUT2D eigenvalue weighted by Crippen LogP contribution is -2.06. The number of hydrogen-bond donors (Lipinski definition) is 0. The lowest BCUT2D eigenvalue weighted by atomic mass is 9.96. The van der Waals surface area contributed by atoms with Gasteiger partial charge in [-0.1, -0.05) is 165 Å². The molecule has 8 aromatic carbocycles. The molecule has 0 fully saturated rings. The average molecular weight is 772 g/mol. The van der Waals surface area contributed by atoms with Gasteiger partial charge < -0.3 is 4.57 Å². The number of nitrogens with zero attached hydrogens (tertiary/aromatic N) is 5. The van der Waals surface area contributed by atoms with Crippen molar-refractivity contribution in [2.45, 2.75) is 26.2 Å². The normalized spacial score (nSPS) is 11.6. The first kappa shape index (κ1) is 35.5. The fourth-order valence-corrected chi connectivity index (χ4v) is 8.88. The first-order valence-corrected chi connectivity index (χ1v) is 20.8.